The quantitative estimate of drug-likeness (QED) is 0.705. The van der Waals surface area contributed by atoms with Gasteiger partial charge in [-0.1, -0.05) is 6.92 Å². The van der Waals surface area contributed by atoms with Gasteiger partial charge in [0.1, 0.15) is 0 Å². The molecule has 0 aromatic rings. The summed E-state index contributed by atoms with van der Waals surface area (Å²) in [7, 11) is 1.80. The average molecular weight is 254 g/mol. The van der Waals surface area contributed by atoms with E-state index < -0.39 is 0 Å². The summed E-state index contributed by atoms with van der Waals surface area (Å²) in [6.45, 7) is 9.29. The summed E-state index contributed by atoms with van der Waals surface area (Å²) >= 11 is 0. The molecule has 18 heavy (non-hydrogen) atoms. The van der Waals surface area contributed by atoms with Crippen LogP contribution in [0.5, 0.6) is 0 Å². The molecule has 0 spiro atoms. The van der Waals surface area contributed by atoms with Crippen molar-refractivity contribution in [3.05, 3.63) is 0 Å². The summed E-state index contributed by atoms with van der Waals surface area (Å²) in [5, 5.41) is 3.79. The second-order valence-corrected chi connectivity index (χ2v) is 6.32. The van der Waals surface area contributed by atoms with Crippen LogP contribution in [-0.2, 0) is 4.74 Å². The fourth-order valence-electron chi connectivity index (χ4n) is 3.06. The molecule has 2 aliphatic rings. The minimum Gasteiger partial charge on any atom is -0.385 e. The van der Waals surface area contributed by atoms with Crippen molar-refractivity contribution in [3.63, 3.8) is 0 Å². The first-order chi connectivity index (χ1) is 8.69. The fraction of sp³-hybridized carbons (Fsp3) is 1.00. The highest BCUT2D eigenvalue weighted by Gasteiger charge is 2.41. The molecule has 1 aliphatic heterocycles. The van der Waals surface area contributed by atoms with Crippen LogP contribution in [0.3, 0.4) is 0 Å². The highest BCUT2D eigenvalue weighted by atomic mass is 16.5. The van der Waals surface area contributed by atoms with Gasteiger partial charge in [-0.2, -0.15) is 0 Å². The van der Waals surface area contributed by atoms with E-state index >= 15 is 0 Å². The number of piperazine rings is 1. The molecule has 2 fully saturated rings. The molecule has 0 bridgehead atoms. The van der Waals surface area contributed by atoms with Crippen molar-refractivity contribution >= 4 is 0 Å². The van der Waals surface area contributed by atoms with E-state index in [2.05, 4.69) is 24.1 Å². The lowest BCUT2D eigenvalue weighted by atomic mass is 9.90. The number of hydrogen-bond donors (Lipinski definition) is 1. The Morgan fingerprint density at radius 1 is 1.33 bits per heavy atom. The Hall–Kier alpha value is -0.120. The van der Waals surface area contributed by atoms with Crippen molar-refractivity contribution in [3.8, 4) is 0 Å². The number of nitrogens with zero attached hydrogens (tertiary/aromatic N) is 1. The zero-order chi connectivity index (χ0) is 13.0. The molecule has 0 aromatic heterocycles. The molecule has 1 heterocycles. The lowest BCUT2D eigenvalue weighted by molar-refractivity contribution is 0.0409. The number of methoxy groups -OCH3 is 1. The predicted octanol–water partition coefficient (Wildman–Crippen LogP) is 2.27. The van der Waals surface area contributed by atoms with E-state index in [1.54, 1.807) is 7.11 Å². The Kier molecular flexibility index (Phi) is 5.05. The normalized spacial score (nSPS) is 33.8. The van der Waals surface area contributed by atoms with Gasteiger partial charge in [-0.3, -0.25) is 4.90 Å². The van der Waals surface area contributed by atoms with E-state index in [1.165, 1.54) is 45.2 Å². The Bertz CT molecular complexity index is 255. The standard InChI is InChI=1S/C15H30N2O/c1-4-15(2)12-16-14(13-7-8-13)11-17(15)9-5-6-10-18-3/h13-14,16H,4-12H2,1-3H3. The third-order valence-corrected chi connectivity index (χ3v) is 4.90. The SMILES string of the molecule is CCC1(C)CNC(C2CC2)CN1CCCCOC. The lowest BCUT2D eigenvalue weighted by Gasteiger charge is -2.48. The molecule has 0 amide bonds. The van der Waals surface area contributed by atoms with Crippen LogP contribution in [0.1, 0.15) is 46.0 Å². The van der Waals surface area contributed by atoms with Gasteiger partial charge in [0.25, 0.3) is 0 Å². The smallest absolute Gasteiger partial charge is 0.0462 e. The van der Waals surface area contributed by atoms with Crippen LogP contribution in [-0.4, -0.2) is 49.8 Å². The van der Waals surface area contributed by atoms with Gasteiger partial charge in [-0.05, 0) is 51.5 Å². The van der Waals surface area contributed by atoms with Crippen LogP contribution in [0.25, 0.3) is 0 Å². The van der Waals surface area contributed by atoms with Crippen molar-refractivity contribution < 1.29 is 4.74 Å². The van der Waals surface area contributed by atoms with E-state index in [9.17, 15) is 0 Å². The first kappa shape index (κ1) is 14.3. The topological polar surface area (TPSA) is 24.5 Å². The Morgan fingerprint density at radius 3 is 2.72 bits per heavy atom. The van der Waals surface area contributed by atoms with Gasteiger partial charge in [0, 0.05) is 38.4 Å². The maximum absolute atomic E-state index is 5.15. The van der Waals surface area contributed by atoms with E-state index in [1.807, 2.05) is 0 Å². The monoisotopic (exact) mass is 254 g/mol. The minimum absolute atomic E-state index is 0.360. The van der Waals surface area contributed by atoms with Crippen LogP contribution in [0, 0.1) is 5.92 Å². The fourth-order valence-corrected chi connectivity index (χ4v) is 3.06. The Labute approximate surface area is 112 Å². The van der Waals surface area contributed by atoms with Gasteiger partial charge >= 0.3 is 0 Å². The summed E-state index contributed by atoms with van der Waals surface area (Å²) in [5.41, 5.74) is 0.360. The van der Waals surface area contributed by atoms with Crippen LogP contribution in [0.4, 0.5) is 0 Å². The molecule has 3 heteroatoms. The number of unbranched alkanes of at least 4 members (excludes halogenated alkanes) is 1. The van der Waals surface area contributed by atoms with E-state index in [0.717, 1.165) is 25.1 Å². The molecule has 2 atom stereocenters. The first-order valence-corrected chi connectivity index (χ1v) is 7.67. The maximum Gasteiger partial charge on any atom is 0.0462 e. The van der Waals surface area contributed by atoms with Crippen LogP contribution < -0.4 is 5.32 Å². The average Bonchev–Trinajstić information content (AvgIpc) is 3.21. The van der Waals surface area contributed by atoms with Crippen LogP contribution in [0.2, 0.25) is 0 Å². The van der Waals surface area contributed by atoms with Gasteiger partial charge in [0.2, 0.25) is 0 Å². The Balaban J connectivity index is 1.83. The van der Waals surface area contributed by atoms with Gasteiger partial charge < -0.3 is 10.1 Å². The van der Waals surface area contributed by atoms with Crippen LogP contribution in [0.15, 0.2) is 0 Å². The molecule has 1 aliphatic carbocycles. The molecule has 3 nitrogen and oxygen atoms in total. The summed E-state index contributed by atoms with van der Waals surface area (Å²) in [4.78, 5) is 2.74. The first-order valence-electron chi connectivity index (χ1n) is 7.67. The highest BCUT2D eigenvalue weighted by molar-refractivity contribution is 4.99. The Morgan fingerprint density at radius 2 is 2.11 bits per heavy atom. The van der Waals surface area contributed by atoms with Crippen LogP contribution >= 0.6 is 0 Å². The van der Waals surface area contributed by atoms with Gasteiger partial charge in [-0.25, -0.2) is 0 Å². The third kappa shape index (κ3) is 3.46. The zero-order valence-electron chi connectivity index (χ0n) is 12.4. The van der Waals surface area contributed by atoms with Gasteiger partial charge in [0.05, 0.1) is 0 Å². The van der Waals surface area contributed by atoms with Gasteiger partial charge in [-0.15, -0.1) is 0 Å². The number of hydrogen-bond acceptors (Lipinski definition) is 3. The molecule has 2 unspecified atom stereocenters. The van der Waals surface area contributed by atoms with Crippen molar-refractivity contribution in [1.82, 2.24) is 10.2 Å². The molecule has 1 saturated heterocycles. The van der Waals surface area contributed by atoms with Crippen molar-refractivity contribution in [2.45, 2.75) is 57.5 Å². The summed E-state index contributed by atoms with van der Waals surface area (Å²) in [6, 6.07) is 0.757. The molecule has 1 N–H and O–H groups in total. The summed E-state index contributed by atoms with van der Waals surface area (Å²) < 4.78 is 5.15. The number of nitrogens with one attached hydrogen (secondary N) is 1. The van der Waals surface area contributed by atoms with E-state index in [0.29, 0.717) is 5.54 Å². The predicted molar refractivity (Wildman–Crippen MR) is 75.9 cm³/mol. The lowest BCUT2D eigenvalue weighted by Crippen LogP contribution is -2.63. The van der Waals surface area contributed by atoms with E-state index in [4.69, 9.17) is 4.74 Å². The van der Waals surface area contributed by atoms with Crippen molar-refractivity contribution in [1.29, 1.82) is 0 Å². The second-order valence-electron chi connectivity index (χ2n) is 6.32. The minimum atomic E-state index is 0.360. The third-order valence-electron chi connectivity index (χ3n) is 4.90. The number of rotatable bonds is 7. The highest BCUT2D eigenvalue weighted by Crippen LogP contribution is 2.36. The largest absolute Gasteiger partial charge is 0.385 e. The van der Waals surface area contributed by atoms with E-state index in [-0.39, 0.29) is 0 Å². The molecule has 0 radical (unpaired) electrons. The molecular formula is C15H30N2O. The van der Waals surface area contributed by atoms with Crippen molar-refractivity contribution in [2.24, 2.45) is 5.92 Å². The van der Waals surface area contributed by atoms with Gasteiger partial charge in [0.15, 0.2) is 0 Å². The molecule has 2 rings (SSSR count). The molecule has 0 aromatic carbocycles. The molecule has 1 saturated carbocycles. The summed E-state index contributed by atoms with van der Waals surface area (Å²) in [5.74, 6) is 0.966. The number of ether oxygens (including phenoxy) is 1. The van der Waals surface area contributed by atoms with Crippen molar-refractivity contribution in [2.75, 3.05) is 33.4 Å². The zero-order valence-corrected chi connectivity index (χ0v) is 12.4. The molecular weight excluding hydrogens is 224 g/mol. The molecule has 106 valence electrons. The maximum atomic E-state index is 5.15. The second kappa shape index (κ2) is 6.36. The summed E-state index contributed by atoms with van der Waals surface area (Å²) in [6.07, 6.45) is 6.58.